The summed E-state index contributed by atoms with van der Waals surface area (Å²) in [5.74, 6) is 0.713. The van der Waals surface area contributed by atoms with Gasteiger partial charge < -0.3 is 9.47 Å². The van der Waals surface area contributed by atoms with Gasteiger partial charge in [-0.15, -0.1) is 0 Å². The molecule has 0 radical (unpaired) electrons. The number of hydrogen-bond acceptors (Lipinski definition) is 5. The molecule has 0 aromatic heterocycles. The van der Waals surface area contributed by atoms with Crippen molar-refractivity contribution in [3.8, 4) is 11.5 Å². The van der Waals surface area contributed by atoms with Gasteiger partial charge in [-0.2, -0.15) is 0 Å². The molecule has 0 spiro atoms. The van der Waals surface area contributed by atoms with Crippen molar-refractivity contribution < 1.29 is 18.8 Å². The summed E-state index contributed by atoms with van der Waals surface area (Å²) in [5.41, 5.74) is 2.84. The molecule has 2 heterocycles. The molecule has 6 nitrogen and oxygen atoms in total. The van der Waals surface area contributed by atoms with Gasteiger partial charge in [0, 0.05) is 25.2 Å². The highest BCUT2D eigenvalue weighted by Gasteiger charge is 2.25. The number of ether oxygens (including phenoxy) is 2. The molecule has 4 rings (SSSR count). The first-order chi connectivity index (χ1) is 12.6. The maximum absolute atomic E-state index is 13.1. The van der Waals surface area contributed by atoms with Crippen LogP contribution in [-0.4, -0.2) is 29.7 Å². The average molecular weight is 356 g/mol. The lowest BCUT2D eigenvalue weighted by molar-refractivity contribution is -0.385. The van der Waals surface area contributed by atoms with Crippen molar-refractivity contribution in [1.82, 2.24) is 4.90 Å². The zero-order valence-electron chi connectivity index (χ0n) is 14.0. The minimum Gasteiger partial charge on any atom is -0.454 e. The zero-order valence-corrected chi connectivity index (χ0v) is 14.0. The van der Waals surface area contributed by atoms with Crippen LogP contribution in [0.3, 0.4) is 0 Å². The van der Waals surface area contributed by atoms with E-state index in [9.17, 15) is 14.5 Å². The summed E-state index contributed by atoms with van der Waals surface area (Å²) < 4.78 is 23.6. The third-order valence-corrected chi connectivity index (χ3v) is 4.67. The highest BCUT2D eigenvalue weighted by atomic mass is 19.1. The van der Waals surface area contributed by atoms with Crippen LogP contribution >= 0.6 is 0 Å². The van der Waals surface area contributed by atoms with Crippen LogP contribution in [-0.2, 0) is 6.54 Å². The fourth-order valence-electron chi connectivity index (χ4n) is 3.29. The molecule has 0 fully saturated rings. The van der Waals surface area contributed by atoms with E-state index < -0.39 is 0 Å². The summed E-state index contributed by atoms with van der Waals surface area (Å²) in [4.78, 5) is 13.1. The van der Waals surface area contributed by atoms with Gasteiger partial charge in [-0.1, -0.05) is 18.2 Å². The smallest absolute Gasteiger partial charge is 0.277 e. The Morgan fingerprint density at radius 1 is 1.15 bits per heavy atom. The maximum atomic E-state index is 13.1. The lowest BCUT2D eigenvalue weighted by atomic mass is 9.99. The summed E-state index contributed by atoms with van der Waals surface area (Å²) in [6.45, 7) is 2.00. The van der Waals surface area contributed by atoms with Gasteiger partial charge in [0.1, 0.15) is 5.82 Å². The molecule has 0 unspecified atom stereocenters. The molecule has 0 N–H and O–H groups in total. The standard InChI is InChI=1S/C19H17FN2O4/c20-16-3-1-13(2-4-16)14-5-7-21(8-6-14)11-15-9-18-19(26-12-25-18)10-17(15)22(23)24/h1-5,9-10H,6-8,11-12H2. The van der Waals surface area contributed by atoms with Crippen molar-refractivity contribution in [1.29, 1.82) is 0 Å². The van der Waals surface area contributed by atoms with Gasteiger partial charge in [-0.3, -0.25) is 15.0 Å². The second-order valence-electron chi connectivity index (χ2n) is 6.31. The molecule has 2 aliphatic rings. The second kappa shape index (κ2) is 6.76. The van der Waals surface area contributed by atoms with E-state index in [0.717, 1.165) is 18.5 Å². The van der Waals surface area contributed by atoms with E-state index in [4.69, 9.17) is 9.47 Å². The summed E-state index contributed by atoms with van der Waals surface area (Å²) in [6, 6.07) is 9.59. The van der Waals surface area contributed by atoms with Gasteiger partial charge in [0.15, 0.2) is 11.5 Å². The highest BCUT2D eigenvalue weighted by Crippen LogP contribution is 2.38. The Morgan fingerprint density at radius 3 is 2.54 bits per heavy atom. The maximum Gasteiger partial charge on any atom is 0.277 e. The molecule has 2 aromatic carbocycles. The summed E-state index contributed by atoms with van der Waals surface area (Å²) in [7, 11) is 0. The molecule has 0 atom stereocenters. The number of rotatable bonds is 4. The topological polar surface area (TPSA) is 64.8 Å². The van der Waals surface area contributed by atoms with Gasteiger partial charge in [-0.25, -0.2) is 4.39 Å². The predicted octanol–water partition coefficient (Wildman–Crippen LogP) is 3.75. The van der Waals surface area contributed by atoms with Crippen LogP contribution in [0.15, 0.2) is 42.5 Å². The van der Waals surface area contributed by atoms with Crippen molar-refractivity contribution in [2.24, 2.45) is 0 Å². The number of hydrogen-bond donors (Lipinski definition) is 0. The zero-order chi connectivity index (χ0) is 18.1. The van der Waals surface area contributed by atoms with Gasteiger partial charge in [0.25, 0.3) is 5.69 Å². The predicted molar refractivity (Wildman–Crippen MR) is 93.5 cm³/mol. The molecule has 26 heavy (non-hydrogen) atoms. The Kier molecular flexibility index (Phi) is 4.30. The van der Waals surface area contributed by atoms with Gasteiger partial charge >= 0.3 is 0 Å². The van der Waals surface area contributed by atoms with E-state index in [0.29, 0.717) is 30.2 Å². The lowest BCUT2D eigenvalue weighted by Gasteiger charge is -2.26. The molecular weight excluding hydrogens is 339 g/mol. The minimum absolute atomic E-state index is 0.0440. The first kappa shape index (κ1) is 16.5. The Balaban J connectivity index is 1.51. The number of fused-ring (bicyclic) bond motifs is 1. The average Bonchev–Trinajstić information content (AvgIpc) is 3.10. The van der Waals surface area contributed by atoms with E-state index >= 15 is 0 Å². The fraction of sp³-hybridized carbons (Fsp3) is 0.263. The van der Waals surface area contributed by atoms with Crippen LogP contribution in [0.2, 0.25) is 0 Å². The van der Waals surface area contributed by atoms with Crippen molar-refractivity contribution in [3.63, 3.8) is 0 Å². The molecule has 2 aliphatic heterocycles. The van der Waals surface area contributed by atoms with Gasteiger partial charge in [0.2, 0.25) is 6.79 Å². The Hall–Kier alpha value is -2.93. The monoisotopic (exact) mass is 356 g/mol. The molecule has 134 valence electrons. The Morgan fingerprint density at radius 2 is 1.88 bits per heavy atom. The number of nitrogens with zero attached hydrogens (tertiary/aromatic N) is 2. The van der Waals surface area contributed by atoms with Crippen LogP contribution in [0.25, 0.3) is 5.57 Å². The highest BCUT2D eigenvalue weighted by molar-refractivity contribution is 5.66. The summed E-state index contributed by atoms with van der Waals surface area (Å²) >= 11 is 0. The molecule has 0 saturated heterocycles. The summed E-state index contributed by atoms with van der Waals surface area (Å²) in [5, 5.41) is 11.4. The number of halogens is 1. The van der Waals surface area contributed by atoms with Crippen LogP contribution in [0.5, 0.6) is 11.5 Å². The number of nitro groups is 1. The lowest BCUT2D eigenvalue weighted by Crippen LogP contribution is -2.28. The first-order valence-electron chi connectivity index (χ1n) is 8.34. The minimum atomic E-state index is -0.388. The van der Waals surface area contributed by atoms with Crippen LogP contribution in [0.4, 0.5) is 10.1 Å². The molecule has 0 amide bonds. The Bertz CT molecular complexity index is 880. The third kappa shape index (κ3) is 3.25. The Labute approximate surface area is 149 Å². The fourth-order valence-corrected chi connectivity index (χ4v) is 3.29. The van der Waals surface area contributed by atoms with Crippen LogP contribution in [0, 0.1) is 15.9 Å². The van der Waals surface area contributed by atoms with Crippen molar-refractivity contribution in [2.75, 3.05) is 19.9 Å². The summed E-state index contributed by atoms with van der Waals surface area (Å²) in [6.07, 6.45) is 2.90. The van der Waals surface area contributed by atoms with E-state index in [1.54, 1.807) is 18.2 Å². The van der Waals surface area contributed by atoms with E-state index in [1.807, 2.05) is 0 Å². The molecule has 0 saturated carbocycles. The largest absolute Gasteiger partial charge is 0.454 e. The SMILES string of the molecule is O=[N+]([O-])c1cc2c(cc1CN1CC=C(c3ccc(F)cc3)CC1)OCO2. The number of nitro benzene ring substituents is 1. The van der Waals surface area contributed by atoms with E-state index in [2.05, 4.69) is 11.0 Å². The number of benzene rings is 2. The van der Waals surface area contributed by atoms with E-state index in [-0.39, 0.29) is 23.2 Å². The van der Waals surface area contributed by atoms with Crippen molar-refractivity contribution >= 4 is 11.3 Å². The molecule has 7 heteroatoms. The van der Waals surface area contributed by atoms with Crippen LogP contribution in [0.1, 0.15) is 17.5 Å². The van der Waals surface area contributed by atoms with Crippen molar-refractivity contribution in [3.05, 3.63) is 69.5 Å². The first-order valence-corrected chi connectivity index (χ1v) is 8.34. The van der Waals surface area contributed by atoms with Crippen molar-refractivity contribution in [2.45, 2.75) is 13.0 Å². The molecule has 0 aliphatic carbocycles. The second-order valence-corrected chi connectivity index (χ2v) is 6.31. The van der Waals surface area contributed by atoms with E-state index in [1.165, 1.54) is 23.8 Å². The van der Waals surface area contributed by atoms with Gasteiger partial charge in [-0.05, 0) is 35.8 Å². The third-order valence-electron chi connectivity index (χ3n) is 4.67. The normalized spacial score (nSPS) is 16.4. The molecular formula is C19H17FN2O4. The molecule has 2 aromatic rings. The molecule has 0 bridgehead atoms. The quantitative estimate of drug-likeness (QED) is 0.617. The van der Waals surface area contributed by atoms with Gasteiger partial charge in [0.05, 0.1) is 11.0 Å². The van der Waals surface area contributed by atoms with Crippen LogP contribution < -0.4 is 9.47 Å².